The normalized spacial score (nSPS) is 12.9. The third-order valence-electron chi connectivity index (χ3n) is 2.56. The molecular weight excluding hydrogens is 222 g/mol. The summed E-state index contributed by atoms with van der Waals surface area (Å²) in [6.45, 7) is 6.52. The molecule has 0 aliphatic rings. The van der Waals surface area contributed by atoms with E-state index in [4.69, 9.17) is 5.73 Å². The average molecular weight is 241 g/mol. The molecule has 0 fully saturated rings. The highest BCUT2D eigenvalue weighted by Crippen LogP contribution is 2.20. The monoisotopic (exact) mass is 241 g/mol. The number of likely N-dealkylation sites (N-methyl/N-ethyl adjacent to an activating group) is 1. The van der Waals surface area contributed by atoms with Gasteiger partial charge in [-0.2, -0.15) is 0 Å². The van der Waals surface area contributed by atoms with E-state index in [1.165, 1.54) is 11.3 Å². The molecule has 1 aromatic rings. The summed E-state index contributed by atoms with van der Waals surface area (Å²) in [4.78, 5) is 18.0. The van der Waals surface area contributed by atoms with Crippen molar-refractivity contribution < 1.29 is 4.79 Å². The third-order valence-corrected chi connectivity index (χ3v) is 3.70. The zero-order valence-corrected chi connectivity index (χ0v) is 11.0. The first kappa shape index (κ1) is 13.1. The lowest BCUT2D eigenvalue weighted by Gasteiger charge is -2.22. The third kappa shape index (κ3) is 2.80. The van der Waals surface area contributed by atoms with E-state index in [0.717, 1.165) is 5.01 Å². The Labute approximate surface area is 100 Å². The second-order valence-corrected chi connectivity index (χ2v) is 5.12. The van der Waals surface area contributed by atoms with Gasteiger partial charge in [-0.15, -0.1) is 11.3 Å². The van der Waals surface area contributed by atoms with Crippen molar-refractivity contribution in [3.05, 3.63) is 16.1 Å². The molecule has 1 atom stereocenters. The summed E-state index contributed by atoms with van der Waals surface area (Å²) in [5, 5.41) is 2.81. The number of carbonyl (C=O) groups excluding carboxylic acids is 1. The highest BCUT2D eigenvalue weighted by molar-refractivity contribution is 7.09. The highest BCUT2D eigenvalue weighted by atomic mass is 32.1. The maximum absolute atomic E-state index is 12.0. The van der Waals surface area contributed by atoms with Crippen LogP contribution in [-0.4, -0.2) is 35.4 Å². The molecule has 5 heteroatoms. The summed E-state index contributed by atoms with van der Waals surface area (Å²) >= 11 is 1.53. The van der Waals surface area contributed by atoms with Crippen molar-refractivity contribution in [3.8, 4) is 0 Å². The van der Waals surface area contributed by atoms with Crippen molar-refractivity contribution >= 4 is 17.2 Å². The van der Waals surface area contributed by atoms with Gasteiger partial charge in [0.05, 0.1) is 5.01 Å². The number of hydrogen-bond acceptors (Lipinski definition) is 4. The average Bonchev–Trinajstić information content (AvgIpc) is 2.75. The van der Waals surface area contributed by atoms with E-state index < -0.39 is 0 Å². The molecule has 0 aromatic carbocycles. The Morgan fingerprint density at radius 1 is 1.56 bits per heavy atom. The predicted octanol–water partition coefficient (Wildman–Crippen LogP) is 1.69. The van der Waals surface area contributed by atoms with Gasteiger partial charge in [0.1, 0.15) is 5.69 Å². The van der Waals surface area contributed by atoms with Crippen LogP contribution in [0, 0.1) is 0 Å². The van der Waals surface area contributed by atoms with Crippen LogP contribution >= 0.6 is 11.3 Å². The van der Waals surface area contributed by atoms with E-state index in [-0.39, 0.29) is 11.9 Å². The minimum absolute atomic E-state index is 0.0386. The molecule has 0 spiro atoms. The van der Waals surface area contributed by atoms with E-state index in [2.05, 4.69) is 18.8 Å². The zero-order chi connectivity index (χ0) is 12.3. The van der Waals surface area contributed by atoms with Crippen LogP contribution < -0.4 is 5.73 Å². The van der Waals surface area contributed by atoms with Gasteiger partial charge in [-0.3, -0.25) is 4.79 Å². The number of thiazole rings is 1. The SMILES string of the molecule is CC(C)c1nc(C(=O)N(C)C(C)CN)cs1. The molecule has 1 heterocycles. The first-order valence-corrected chi connectivity index (χ1v) is 6.28. The fraction of sp³-hybridized carbons (Fsp3) is 0.636. The number of nitrogens with two attached hydrogens (primary N) is 1. The van der Waals surface area contributed by atoms with Gasteiger partial charge in [0.15, 0.2) is 0 Å². The van der Waals surface area contributed by atoms with Crippen molar-refractivity contribution in [2.45, 2.75) is 32.7 Å². The highest BCUT2D eigenvalue weighted by Gasteiger charge is 2.19. The van der Waals surface area contributed by atoms with Crippen LogP contribution in [0.1, 0.15) is 42.2 Å². The largest absolute Gasteiger partial charge is 0.336 e. The van der Waals surface area contributed by atoms with Gasteiger partial charge in [0, 0.05) is 30.9 Å². The van der Waals surface area contributed by atoms with E-state index in [0.29, 0.717) is 18.2 Å². The van der Waals surface area contributed by atoms with E-state index in [1.807, 2.05) is 12.3 Å². The fourth-order valence-electron chi connectivity index (χ4n) is 1.19. The number of aromatic nitrogens is 1. The first-order valence-electron chi connectivity index (χ1n) is 5.40. The van der Waals surface area contributed by atoms with Gasteiger partial charge >= 0.3 is 0 Å². The van der Waals surface area contributed by atoms with Gasteiger partial charge < -0.3 is 10.6 Å². The molecule has 1 aromatic heterocycles. The molecular formula is C11H19N3OS. The number of nitrogens with zero attached hydrogens (tertiary/aromatic N) is 2. The molecule has 0 bridgehead atoms. The van der Waals surface area contributed by atoms with E-state index in [9.17, 15) is 4.79 Å². The molecule has 0 saturated carbocycles. The Balaban J connectivity index is 2.80. The molecule has 0 radical (unpaired) electrons. The van der Waals surface area contributed by atoms with Crippen molar-refractivity contribution in [1.29, 1.82) is 0 Å². The van der Waals surface area contributed by atoms with Crippen LogP contribution in [-0.2, 0) is 0 Å². The lowest BCUT2D eigenvalue weighted by Crippen LogP contribution is -2.39. The molecule has 0 aliphatic carbocycles. The van der Waals surface area contributed by atoms with Crippen molar-refractivity contribution in [1.82, 2.24) is 9.88 Å². The first-order chi connectivity index (χ1) is 7.47. The Bertz CT molecular complexity index is 362. The minimum atomic E-state index is -0.0545. The minimum Gasteiger partial charge on any atom is -0.336 e. The summed E-state index contributed by atoms with van der Waals surface area (Å²) in [6, 6.07) is 0.0386. The zero-order valence-electron chi connectivity index (χ0n) is 10.2. The smallest absolute Gasteiger partial charge is 0.273 e. The molecule has 0 aliphatic heterocycles. The summed E-state index contributed by atoms with van der Waals surface area (Å²) < 4.78 is 0. The van der Waals surface area contributed by atoms with E-state index in [1.54, 1.807) is 11.9 Å². The van der Waals surface area contributed by atoms with Crippen molar-refractivity contribution in [2.24, 2.45) is 5.73 Å². The maximum Gasteiger partial charge on any atom is 0.273 e. The standard InChI is InChI=1S/C11H19N3OS/c1-7(2)10-13-9(6-16-10)11(15)14(4)8(3)5-12/h6-8H,5,12H2,1-4H3. The van der Waals surface area contributed by atoms with Gasteiger partial charge in [-0.05, 0) is 6.92 Å². The quantitative estimate of drug-likeness (QED) is 0.872. The van der Waals surface area contributed by atoms with E-state index >= 15 is 0 Å². The second kappa shape index (κ2) is 5.41. The van der Waals surface area contributed by atoms with Crippen LogP contribution in [0.15, 0.2) is 5.38 Å². The van der Waals surface area contributed by atoms with Gasteiger partial charge in [0.25, 0.3) is 5.91 Å². The molecule has 1 unspecified atom stereocenters. The lowest BCUT2D eigenvalue weighted by molar-refractivity contribution is 0.0743. The van der Waals surface area contributed by atoms with Crippen LogP contribution in [0.2, 0.25) is 0 Å². The maximum atomic E-state index is 12.0. The number of amides is 1. The van der Waals surface area contributed by atoms with Gasteiger partial charge in [-0.1, -0.05) is 13.8 Å². The molecule has 90 valence electrons. The Hall–Kier alpha value is -0.940. The Morgan fingerprint density at radius 3 is 2.62 bits per heavy atom. The van der Waals surface area contributed by atoms with Crippen LogP contribution in [0.3, 0.4) is 0 Å². The topological polar surface area (TPSA) is 59.2 Å². The van der Waals surface area contributed by atoms with Gasteiger partial charge in [0.2, 0.25) is 0 Å². The molecule has 0 saturated heterocycles. The summed E-state index contributed by atoms with van der Waals surface area (Å²) in [5.41, 5.74) is 6.06. The lowest BCUT2D eigenvalue weighted by atomic mass is 10.2. The summed E-state index contributed by atoms with van der Waals surface area (Å²) in [6.07, 6.45) is 0. The summed E-state index contributed by atoms with van der Waals surface area (Å²) in [5.74, 6) is 0.310. The predicted molar refractivity (Wildman–Crippen MR) is 66.8 cm³/mol. The van der Waals surface area contributed by atoms with Crippen molar-refractivity contribution in [3.63, 3.8) is 0 Å². The molecule has 1 amide bonds. The summed E-state index contributed by atoms with van der Waals surface area (Å²) in [7, 11) is 1.76. The van der Waals surface area contributed by atoms with Crippen LogP contribution in [0.4, 0.5) is 0 Å². The van der Waals surface area contributed by atoms with Crippen molar-refractivity contribution in [2.75, 3.05) is 13.6 Å². The Kier molecular flexibility index (Phi) is 4.44. The molecule has 16 heavy (non-hydrogen) atoms. The molecule has 4 nitrogen and oxygen atoms in total. The number of carbonyl (C=O) groups is 1. The second-order valence-electron chi connectivity index (χ2n) is 4.23. The van der Waals surface area contributed by atoms with Crippen LogP contribution in [0.5, 0.6) is 0 Å². The molecule has 1 rings (SSSR count). The van der Waals surface area contributed by atoms with Crippen LogP contribution in [0.25, 0.3) is 0 Å². The molecule has 2 N–H and O–H groups in total. The fourth-order valence-corrected chi connectivity index (χ4v) is 2.00. The number of hydrogen-bond donors (Lipinski definition) is 1. The van der Waals surface area contributed by atoms with Gasteiger partial charge in [-0.25, -0.2) is 4.98 Å². The Morgan fingerprint density at radius 2 is 2.19 bits per heavy atom. The number of rotatable bonds is 4.